The summed E-state index contributed by atoms with van der Waals surface area (Å²) in [4.78, 5) is 14.4. The van der Waals surface area contributed by atoms with Crippen LogP contribution in [0.2, 0.25) is 0 Å². The summed E-state index contributed by atoms with van der Waals surface area (Å²) in [7, 11) is 0. The largest absolute Gasteiger partial charge is 0.309 e. The number of fused-ring (bicyclic) bond motifs is 7. The molecule has 0 fully saturated rings. The van der Waals surface area contributed by atoms with Crippen molar-refractivity contribution >= 4 is 21.8 Å². The number of benzene rings is 6. The Balaban J connectivity index is 1.37. The third kappa shape index (κ3) is 4.18. The Morgan fingerprint density at radius 1 is 0.532 bits per heavy atom. The number of para-hydroxylation sites is 2. The van der Waals surface area contributed by atoms with E-state index in [4.69, 9.17) is 9.97 Å². The molecule has 0 spiro atoms. The first-order valence-electron chi connectivity index (χ1n) is 16.1. The molecule has 2 aromatic heterocycles. The van der Waals surface area contributed by atoms with Crippen molar-refractivity contribution in [1.29, 1.82) is 0 Å². The molecule has 0 bridgehead atoms. The van der Waals surface area contributed by atoms with Crippen molar-refractivity contribution in [3.05, 3.63) is 156 Å². The molecule has 224 valence electrons. The molecule has 1 aliphatic carbocycles. The third-order valence-electron chi connectivity index (χ3n) is 9.71. The summed E-state index contributed by atoms with van der Waals surface area (Å²) < 4.78 is 2.45. The Kier molecular flexibility index (Phi) is 6.03. The van der Waals surface area contributed by atoms with Crippen molar-refractivity contribution in [2.75, 3.05) is 0 Å². The predicted molar refractivity (Wildman–Crippen MR) is 193 cm³/mol. The first-order chi connectivity index (χ1) is 23.0. The lowest BCUT2D eigenvalue weighted by Crippen LogP contribution is -2.15. The minimum absolute atomic E-state index is 0.154. The molecule has 47 heavy (non-hydrogen) atoms. The Hall–Kier alpha value is -5.87. The zero-order valence-electron chi connectivity index (χ0n) is 26.6. The van der Waals surface area contributed by atoms with Gasteiger partial charge in [-0.3, -0.25) is 0 Å². The van der Waals surface area contributed by atoms with E-state index in [1.807, 2.05) is 37.3 Å². The van der Waals surface area contributed by atoms with E-state index in [9.17, 15) is 0 Å². The number of nitrogens with zero attached hydrogens (tertiary/aromatic N) is 4. The summed E-state index contributed by atoms with van der Waals surface area (Å²) in [5.74, 6) is 2.05. The molecule has 2 heterocycles. The summed E-state index contributed by atoms with van der Waals surface area (Å²) >= 11 is 0. The second-order valence-electron chi connectivity index (χ2n) is 12.9. The van der Waals surface area contributed by atoms with E-state index in [0.29, 0.717) is 17.5 Å². The van der Waals surface area contributed by atoms with Gasteiger partial charge in [-0.1, -0.05) is 123 Å². The van der Waals surface area contributed by atoms with Crippen LogP contribution in [0.3, 0.4) is 0 Å². The van der Waals surface area contributed by atoms with Crippen molar-refractivity contribution in [2.24, 2.45) is 0 Å². The number of aromatic nitrogens is 4. The average molecular weight is 605 g/mol. The zero-order valence-corrected chi connectivity index (χ0v) is 26.6. The van der Waals surface area contributed by atoms with Gasteiger partial charge in [-0.2, -0.15) is 0 Å². The lowest BCUT2D eigenvalue weighted by molar-refractivity contribution is 0.661. The fourth-order valence-corrected chi connectivity index (χ4v) is 7.55. The second-order valence-corrected chi connectivity index (χ2v) is 12.9. The molecule has 0 saturated heterocycles. The molecule has 0 atom stereocenters. The Bertz CT molecular complexity index is 2490. The topological polar surface area (TPSA) is 43.6 Å². The maximum Gasteiger partial charge on any atom is 0.163 e. The van der Waals surface area contributed by atoms with E-state index < -0.39 is 0 Å². The average Bonchev–Trinajstić information content (AvgIpc) is 3.57. The molecule has 0 N–H and O–H groups in total. The van der Waals surface area contributed by atoms with Crippen LogP contribution >= 0.6 is 0 Å². The van der Waals surface area contributed by atoms with Crippen molar-refractivity contribution in [3.63, 3.8) is 0 Å². The first-order valence-corrected chi connectivity index (χ1v) is 16.1. The maximum absolute atomic E-state index is 4.95. The van der Waals surface area contributed by atoms with Crippen LogP contribution in [0.1, 0.15) is 30.8 Å². The molecule has 0 amide bonds. The van der Waals surface area contributed by atoms with Crippen LogP contribution in [-0.2, 0) is 5.41 Å². The highest BCUT2D eigenvalue weighted by molar-refractivity contribution is 6.21. The fraction of sp³-hybridized carbons (Fsp3) is 0.0930. The van der Waals surface area contributed by atoms with Crippen LogP contribution < -0.4 is 0 Å². The van der Waals surface area contributed by atoms with Crippen molar-refractivity contribution in [3.8, 4) is 50.7 Å². The zero-order chi connectivity index (χ0) is 31.7. The minimum Gasteiger partial charge on any atom is -0.309 e. The maximum atomic E-state index is 4.95. The fourth-order valence-electron chi connectivity index (χ4n) is 7.55. The van der Waals surface area contributed by atoms with Gasteiger partial charge < -0.3 is 4.57 Å². The van der Waals surface area contributed by atoms with Gasteiger partial charge in [-0.25, -0.2) is 15.0 Å². The van der Waals surface area contributed by atoms with Crippen LogP contribution in [0.4, 0.5) is 0 Å². The van der Waals surface area contributed by atoms with Crippen molar-refractivity contribution < 1.29 is 0 Å². The predicted octanol–water partition coefficient (Wildman–Crippen LogP) is 10.6. The molecular weight excluding hydrogens is 573 g/mol. The quantitative estimate of drug-likeness (QED) is 0.201. The standard InChI is InChI=1S/C43H32N4/c1-27-44-41(28-15-6-4-7-16-28)46-42(45-27)30-18-14-17-29(25-30)34-26-36-38(32-21-10-12-23-35(32)43(36,2)3)39-33-22-11-13-24-37(33)47(40(34)39)31-19-8-5-9-20-31/h4-26H,1-3H3. The first kappa shape index (κ1) is 27.4. The molecule has 9 rings (SSSR count). The number of rotatable bonds is 4. The molecule has 0 radical (unpaired) electrons. The number of hydrogen-bond acceptors (Lipinski definition) is 3. The van der Waals surface area contributed by atoms with Gasteiger partial charge in [0.1, 0.15) is 5.82 Å². The highest BCUT2D eigenvalue weighted by Crippen LogP contribution is 2.55. The van der Waals surface area contributed by atoms with Gasteiger partial charge >= 0.3 is 0 Å². The summed E-state index contributed by atoms with van der Waals surface area (Å²) in [5, 5.41) is 2.55. The van der Waals surface area contributed by atoms with Crippen molar-refractivity contribution in [1.82, 2.24) is 19.5 Å². The number of aryl methyl sites for hydroxylation is 1. The van der Waals surface area contributed by atoms with Crippen LogP contribution in [0.5, 0.6) is 0 Å². The summed E-state index contributed by atoms with van der Waals surface area (Å²) in [5.41, 5.74) is 13.0. The highest BCUT2D eigenvalue weighted by Gasteiger charge is 2.38. The van der Waals surface area contributed by atoms with E-state index >= 15 is 0 Å². The van der Waals surface area contributed by atoms with E-state index in [0.717, 1.165) is 22.4 Å². The molecule has 0 unspecified atom stereocenters. The highest BCUT2D eigenvalue weighted by atomic mass is 15.0. The lowest BCUT2D eigenvalue weighted by atomic mass is 9.81. The SMILES string of the molecule is Cc1nc(-c2ccccc2)nc(-c2cccc(-c3cc4c(c5c6ccccc6n(-c6ccccc6)c35)-c3ccccc3C4(C)C)c2)n1. The number of hydrogen-bond donors (Lipinski definition) is 0. The van der Waals surface area contributed by atoms with Gasteiger partial charge in [0.2, 0.25) is 0 Å². The van der Waals surface area contributed by atoms with Gasteiger partial charge in [-0.05, 0) is 65.1 Å². The molecule has 4 nitrogen and oxygen atoms in total. The van der Waals surface area contributed by atoms with E-state index in [1.54, 1.807) is 0 Å². The smallest absolute Gasteiger partial charge is 0.163 e. The molecular formula is C43H32N4. The van der Waals surface area contributed by atoms with Gasteiger partial charge in [0, 0.05) is 38.6 Å². The summed E-state index contributed by atoms with van der Waals surface area (Å²) in [6, 6.07) is 49.8. The molecule has 0 aliphatic heterocycles. The van der Waals surface area contributed by atoms with Crippen LogP contribution in [0.15, 0.2) is 140 Å². The van der Waals surface area contributed by atoms with Gasteiger partial charge in [0.05, 0.1) is 11.0 Å². The van der Waals surface area contributed by atoms with Gasteiger partial charge in [0.25, 0.3) is 0 Å². The van der Waals surface area contributed by atoms with E-state index in [-0.39, 0.29) is 5.41 Å². The second kappa shape index (κ2) is 10.3. The molecule has 1 aliphatic rings. The molecule has 8 aromatic rings. The normalized spacial score (nSPS) is 13.2. The lowest BCUT2D eigenvalue weighted by Gasteiger charge is -2.23. The van der Waals surface area contributed by atoms with Crippen LogP contribution in [0, 0.1) is 6.92 Å². The molecule has 6 aromatic carbocycles. The minimum atomic E-state index is -0.154. The Morgan fingerprint density at radius 3 is 1.98 bits per heavy atom. The molecule has 4 heteroatoms. The van der Waals surface area contributed by atoms with Crippen molar-refractivity contribution in [2.45, 2.75) is 26.2 Å². The van der Waals surface area contributed by atoms with E-state index in [2.05, 4.69) is 133 Å². The van der Waals surface area contributed by atoms with Gasteiger partial charge in [-0.15, -0.1) is 0 Å². The molecule has 0 saturated carbocycles. The Labute approximate surface area is 274 Å². The van der Waals surface area contributed by atoms with Gasteiger partial charge in [0.15, 0.2) is 11.6 Å². The third-order valence-corrected chi connectivity index (χ3v) is 9.71. The monoisotopic (exact) mass is 604 g/mol. The van der Waals surface area contributed by atoms with E-state index in [1.165, 1.54) is 49.6 Å². The summed E-state index contributed by atoms with van der Waals surface area (Å²) in [6.07, 6.45) is 0. The van der Waals surface area contributed by atoms with Crippen LogP contribution in [-0.4, -0.2) is 19.5 Å². The van der Waals surface area contributed by atoms with Crippen LogP contribution in [0.25, 0.3) is 72.5 Å². The summed E-state index contributed by atoms with van der Waals surface area (Å²) in [6.45, 7) is 6.65. The Morgan fingerprint density at radius 2 is 1.17 bits per heavy atom.